The van der Waals surface area contributed by atoms with Crippen molar-refractivity contribution in [1.82, 2.24) is 5.32 Å². The molecule has 92 valence electrons. The van der Waals surface area contributed by atoms with Crippen molar-refractivity contribution >= 4 is 34.7 Å². The lowest BCUT2D eigenvalue weighted by Crippen LogP contribution is -2.23. The summed E-state index contributed by atoms with van der Waals surface area (Å²) in [7, 11) is 0. The third-order valence-corrected chi connectivity index (χ3v) is 4.40. The summed E-state index contributed by atoms with van der Waals surface area (Å²) in [5, 5.41) is 11.8. The number of hydrogen-bond donors (Lipinski definition) is 2. The second kappa shape index (κ2) is 6.52. The van der Waals surface area contributed by atoms with Crippen LogP contribution in [-0.4, -0.2) is 18.2 Å². The van der Waals surface area contributed by atoms with Gasteiger partial charge in [0.25, 0.3) is 5.91 Å². The van der Waals surface area contributed by atoms with E-state index >= 15 is 0 Å². The number of carbonyl (C=O) groups is 1. The molecule has 0 atom stereocenters. The molecule has 0 spiro atoms. The third kappa shape index (κ3) is 3.14. The van der Waals surface area contributed by atoms with Crippen LogP contribution in [-0.2, 0) is 0 Å². The second-order valence-electron chi connectivity index (χ2n) is 3.31. The number of carbonyl (C=O) groups excluding carboxylic acids is 1. The Hall–Kier alpha value is -1.19. The number of rotatable bonds is 5. The van der Waals surface area contributed by atoms with Crippen molar-refractivity contribution in [3.8, 4) is 6.07 Å². The summed E-state index contributed by atoms with van der Waals surface area (Å²) in [6.45, 7) is 4.60. The summed E-state index contributed by atoms with van der Waals surface area (Å²) >= 11 is 2.84. The predicted molar refractivity (Wildman–Crippen MR) is 72.5 cm³/mol. The zero-order valence-electron chi connectivity index (χ0n) is 9.87. The highest BCUT2D eigenvalue weighted by molar-refractivity contribution is 8.01. The van der Waals surface area contributed by atoms with Crippen molar-refractivity contribution in [1.29, 1.82) is 5.26 Å². The molecule has 0 aliphatic rings. The summed E-state index contributed by atoms with van der Waals surface area (Å²) in [5.74, 6) is 0.666. The largest absolute Gasteiger partial charge is 0.396 e. The van der Waals surface area contributed by atoms with Gasteiger partial charge >= 0.3 is 0 Å². The minimum absolute atomic E-state index is 0.186. The molecule has 1 amide bonds. The number of nitriles is 1. The Bertz CT molecular complexity index is 448. The van der Waals surface area contributed by atoms with Gasteiger partial charge in [0.2, 0.25) is 0 Å². The lowest BCUT2D eigenvalue weighted by Gasteiger charge is -2.01. The number of thioether (sulfide) groups is 1. The number of anilines is 1. The van der Waals surface area contributed by atoms with E-state index in [0.29, 0.717) is 22.7 Å². The van der Waals surface area contributed by atoms with Crippen molar-refractivity contribution < 1.29 is 4.79 Å². The van der Waals surface area contributed by atoms with Gasteiger partial charge in [-0.1, -0.05) is 13.8 Å². The first-order valence-electron chi connectivity index (χ1n) is 5.39. The first kappa shape index (κ1) is 13.9. The van der Waals surface area contributed by atoms with E-state index in [4.69, 9.17) is 11.0 Å². The van der Waals surface area contributed by atoms with Gasteiger partial charge in [0.05, 0.1) is 9.90 Å². The van der Waals surface area contributed by atoms with Crippen LogP contribution in [0.15, 0.2) is 4.21 Å². The number of nitrogens with one attached hydrogen (secondary N) is 1. The van der Waals surface area contributed by atoms with Crippen molar-refractivity contribution in [2.75, 3.05) is 18.0 Å². The van der Waals surface area contributed by atoms with Crippen LogP contribution in [0, 0.1) is 11.3 Å². The number of nitrogens with zero attached hydrogens (tertiary/aromatic N) is 1. The number of nitrogen functional groups attached to an aromatic ring is 1. The molecular formula is C11H15N3OS2. The third-order valence-electron chi connectivity index (χ3n) is 2.04. The molecule has 0 fully saturated rings. The SMILES string of the molecule is CCCNC(=O)c1sc(SCC)c(C#N)c1N. The minimum Gasteiger partial charge on any atom is -0.396 e. The molecule has 1 aromatic heterocycles. The van der Waals surface area contributed by atoms with Crippen LogP contribution < -0.4 is 11.1 Å². The Morgan fingerprint density at radius 1 is 1.59 bits per heavy atom. The second-order valence-corrected chi connectivity index (χ2v) is 5.86. The Morgan fingerprint density at radius 2 is 2.29 bits per heavy atom. The van der Waals surface area contributed by atoms with Gasteiger partial charge in [-0.3, -0.25) is 4.79 Å². The highest BCUT2D eigenvalue weighted by Crippen LogP contribution is 2.37. The molecule has 1 aromatic rings. The molecule has 0 saturated carbocycles. The zero-order chi connectivity index (χ0) is 12.8. The normalized spacial score (nSPS) is 9.94. The molecular weight excluding hydrogens is 254 g/mol. The molecule has 0 radical (unpaired) electrons. The fourth-order valence-electron chi connectivity index (χ4n) is 1.25. The van der Waals surface area contributed by atoms with Crippen LogP contribution in [0.1, 0.15) is 35.5 Å². The number of hydrogen-bond acceptors (Lipinski definition) is 5. The summed E-state index contributed by atoms with van der Waals surface area (Å²) in [4.78, 5) is 12.3. The number of thiophene rings is 1. The van der Waals surface area contributed by atoms with E-state index in [2.05, 4.69) is 11.4 Å². The topological polar surface area (TPSA) is 78.9 Å². The standard InChI is InChI=1S/C11H15N3OS2/c1-3-5-14-10(15)9-8(13)7(6-12)11(17-9)16-4-2/h3-5,13H2,1-2H3,(H,14,15). The predicted octanol–water partition coefficient (Wildman–Crippen LogP) is 2.45. The molecule has 0 bridgehead atoms. The molecule has 1 heterocycles. The molecule has 0 saturated heterocycles. The molecule has 4 nitrogen and oxygen atoms in total. The highest BCUT2D eigenvalue weighted by atomic mass is 32.2. The maximum Gasteiger partial charge on any atom is 0.263 e. The molecule has 0 aliphatic heterocycles. The quantitative estimate of drug-likeness (QED) is 0.805. The summed E-state index contributed by atoms with van der Waals surface area (Å²) < 4.78 is 0.828. The molecule has 6 heteroatoms. The summed E-state index contributed by atoms with van der Waals surface area (Å²) in [6.07, 6.45) is 0.874. The first-order chi connectivity index (χ1) is 8.15. The van der Waals surface area contributed by atoms with Gasteiger partial charge in [-0.25, -0.2) is 0 Å². The lowest BCUT2D eigenvalue weighted by atomic mass is 10.2. The molecule has 17 heavy (non-hydrogen) atoms. The molecule has 0 unspecified atom stereocenters. The monoisotopic (exact) mass is 269 g/mol. The van der Waals surface area contributed by atoms with Crippen LogP contribution in [0.4, 0.5) is 5.69 Å². The van der Waals surface area contributed by atoms with Crippen LogP contribution in [0.5, 0.6) is 0 Å². The van der Waals surface area contributed by atoms with Crippen molar-refractivity contribution in [3.05, 3.63) is 10.4 Å². The molecule has 0 aliphatic carbocycles. The van der Waals surface area contributed by atoms with Gasteiger partial charge in [0.15, 0.2) is 0 Å². The minimum atomic E-state index is -0.186. The van der Waals surface area contributed by atoms with Crippen molar-refractivity contribution in [3.63, 3.8) is 0 Å². The summed E-state index contributed by atoms with van der Waals surface area (Å²) in [6, 6.07) is 2.06. The Morgan fingerprint density at radius 3 is 2.82 bits per heavy atom. The molecule has 1 rings (SSSR count). The highest BCUT2D eigenvalue weighted by Gasteiger charge is 2.20. The van der Waals surface area contributed by atoms with Crippen LogP contribution in [0.2, 0.25) is 0 Å². The Kier molecular flexibility index (Phi) is 5.32. The number of nitrogens with two attached hydrogens (primary N) is 1. The zero-order valence-corrected chi connectivity index (χ0v) is 11.5. The van der Waals surface area contributed by atoms with E-state index in [-0.39, 0.29) is 5.91 Å². The van der Waals surface area contributed by atoms with Crippen LogP contribution in [0.3, 0.4) is 0 Å². The van der Waals surface area contributed by atoms with E-state index in [1.54, 1.807) is 0 Å². The van der Waals surface area contributed by atoms with Gasteiger partial charge in [-0.15, -0.1) is 23.1 Å². The molecule has 3 N–H and O–H groups in total. The average Bonchev–Trinajstić information content (AvgIpc) is 2.63. The van der Waals surface area contributed by atoms with Gasteiger partial charge in [-0.2, -0.15) is 5.26 Å². The maximum absolute atomic E-state index is 11.8. The van der Waals surface area contributed by atoms with Crippen molar-refractivity contribution in [2.45, 2.75) is 24.5 Å². The van der Waals surface area contributed by atoms with Gasteiger partial charge in [0.1, 0.15) is 16.5 Å². The van der Waals surface area contributed by atoms with E-state index in [9.17, 15) is 4.79 Å². The van der Waals surface area contributed by atoms with Gasteiger partial charge < -0.3 is 11.1 Å². The van der Waals surface area contributed by atoms with E-state index in [1.165, 1.54) is 23.1 Å². The number of amides is 1. The fraction of sp³-hybridized carbons (Fsp3) is 0.455. The van der Waals surface area contributed by atoms with E-state index < -0.39 is 0 Å². The fourth-order valence-corrected chi connectivity index (χ4v) is 3.47. The van der Waals surface area contributed by atoms with Gasteiger partial charge in [-0.05, 0) is 12.2 Å². The smallest absolute Gasteiger partial charge is 0.263 e. The molecule has 0 aromatic carbocycles. The van der Waals surface area contributed by atoms with Crippen molar-refractivity contribution in [2.24, 2.45) is 0 Å². The van der Waals surface area contributed by atoms with Crippen LogP contribution >= 0.6 is 23.1 Å². The summed E-state index contributed by atoms with van der Waals surface area (Å²) in [5.41, 5.74) is 6.57. The average molecular weight is 269 g/mol. The van der Waals surface area contributed by atoms with Crippen LogP contribution in [0.25, 0.3) is 0 Å². The van der Waals surface area contributed by atoms with E-state index in [1.807, 2.05) is 13.8 Å². The van der Waals surface area contributed by atoms with E-state index in [0.717, 1.165) is 16.4 Å². The Balaban J connectivity index is 3.01. The Labute approximate surface area is 109 Å². The van der Waals surface area contributed by atoms with Gasteiger partial charge in [0, 0.05) is 6.54 Å². The lowest BCUT2D eigenvalue weighted by molar-refractivity contribution is 0.0958. The maximum atomic E-state index is 11.8. The first-order valence-corrected chi connectivity index (χ1v) is 7.19.